The third-order valence-corrected chi connectivity index (χ3v) is 7.53. The molecule has 1 fully saturated rings. The summed E-state index contributed by atoms with van der Waals surface area (Å²) in [5.74, 6) is 1.00. The fourth-order valence-corrected chi connectivity index (χ4v) is 5.65. The molecule has 9 heteroatoms. The van der Waals surface area contributed by atoms with E-state index >= 15 is 0 Å². The number of halogens is 1. The molecule has 0 saturated heterocycles. The number of hydrogen-bond acceptors (Lipinski definition) is 6. The molecule has 1 aliphatic carbocycles. The van der Waals surface area contributed by atoms with E-state index in [1.807, 2.05) is 6.26 Å². The number of anilines is 1. The normalized spacial score (nSPS) is 15.8. The molecule has 1 aromatic carbocycles. The van der Waals surface area contributed by atoms with E-state index in [9.17, 15) is 13.2 Å². The predicted octanol–water partition coefficient (Wildman–Crippen LogP) is 4.70. The molecule has 1 saturated carbocycles. The Morgan fingerprint density at radius 2 is 2.00 bits per heavy atom. The van der Waals surface area contributed by atoms with Crippen molar-refractivity contribution in [1.29, 1.82) is 0 Å². The maximum absolute atomic E-state index is 13.2. The van der Waals surface area contributed by atoms with Crippen LogP contribution in [-0.2, 0) is 20.4 Å². The van der Waals surface area contributed by atoms with E-state index in [4.69, 9.17) is 11.6 Å². The zero-order valence-corrected chi connectivity index (χ0v) is 19.5. The van der Waals surface area contributed by atoms with E-state index in [-0.39, 0.29) is 15.8 Å². The van der Waals surface area contributed by atoms with E-state index in [1.54, 1.807) is 36.3 Å². The van der Waals surface area contributed by atoms with Gasteiger partial charge in [0.15, 0.2) is 15.7 Å². The van der Waals surface area contributed by atoms with Crippen molar-refractivity contribution in [2.45, 2.75) is 48.7 Å². The van der Waals surface area contributed by atoms with Gasteiger partial charge in [-0.15, -0.1) is 0 Å². The first-order valence-electron chi connectivity index (χ1n) is 9.88. The van der Waals surface area contributed by atoms with Crippen LogP contribution in [0, 0.1) is 5.92 Å². The minimum absolute atomic E-state index is 0.0724. The molecular weight excluding hydrogens is 442 g/mol. The van der Waals surface area contributed by atoms with E-state index in [1.165, 1.54) is 18.9 Å². The lowest BCUT2D eigenvalue weighted by molar-refractivity contribution is -0.118. The highest BCUT2D eigenvalue weighted by molar-refractivity contribution is 7.97. The number of carbonyl (C=O) groups is 1. The van der Waals surface area contributed by atoms with Gasteiger partial charge in [0.2, 0.25) is 5.91 Å². The van der Waals surface area contributed by atoms with Crippen molar-refractivity contribution in [2.75, 3.05) is 17.8 Å². The number of nitrogens with zero attached hydrogens (tertiary/aromatic N) is 2. The maximum Gasteiger partial charge on any atom is 0.233 e. The molecule has 30 heavy (non-hydrogen) atoms. The van der Waals surface area contributed by atoms with Gasteiger partial charge in [-0.3, -0.25) is 9.78 Å². The summed E-state index contributed by atoms with van der Waals surface area (Å²) in [6.07, 6.45) is 11.6. The Hall–Kier alpha value is -1.64. The van der Waals surface area contributed by atoms with Crippen LogP contribution in [-0.4, -0.2) is 36.8 Å². The number of rotatable bonds is 8. The monoisotopic (exact) mass is 467 g/mol. The number of hydrogen-bond donors (Lipinski definition) is 1. The first kappa shape index (κ1) is 23.0. The summed E-state index contributed by atoms with van der Waals surface area (Å²) in [5, 5.41) is 3.01. The fourth-order valence-electron chi connectivity index (χ4n) is 3.86. The van der Waals surface area contributed by atoms with Crippen LogP contribution in [0.25, 0.3) is 0 Å². The Balaban J connectivity index is 1.84. The largest absolute Gasteiger partial charge is 0.309 e. The smallest absolute Gasteiger partial charge is 0.233 e. The lowest BCUT2D eigenvalue weighted by Gasteiger charge is -2.21. The molecule has 162 valence electrons. The van der Waals surface area contributed by atoms with Crippen molar-refractivity contribution in [3.8, 4) is 0 Å². The van der Waals surface area contributed by atoms with Crippen LogP contribution in [0.4, 0.5) is 5.82 Å². The molecule has 1 unspecified atom stereocenters. The molecule has 0 spiro atoms. The standard InChI is InChI=1S/C21H26ClN3O3S2/c1-29-13-16-11-24-20(12-23-16)25-21(26)17(9-14-5-3-4-6-14)15-7-8-19(18(22)10-15)30(2,27)28/h7-8,10-12,14,17H,3-6,9,13H2,1-2H3,(H,24,25,26). The summed E-state index contributed by atoms with van der Waals surface area (Å²) in [7, 11) is -3.43. The fraction of sp³-hybridized carbons (Fsp3) is 0.476. The van der Waals surface area contributed by atoms with Gasteiger partial charge in [0.25, 0.3) is 0 Å². The number of sulfone groups is 1. The molecule has 1 heterocycles. The maximum atomic E-state index is 13.2. The topological polar surface area (TPSA) is 89.0 Å². The van der Waals surface area contributed by atoms with Gasteiger partial charge in [0.05, 0.1) is 33.9 Å². The molecule has 1 aliphatic rings. The Morgan fingerprint density at radius 3 is 2.57 bits per heavy atom. The van der Waals surface area contributed by atoms with E-state index in [2.05, 4.69) is 15.3 Å². The van der Waals surface area contributed by atoms with Crippen LogP contribution in [0.5, 0.6) is 0 Å². The second-order valence-electron chi connectivity index (χ2n) is 7.72. The van der Waals surface area contributed by atoms with Gasteiger partial charge < -0.3 is 5.32 Å². The first-order chi connectivity index (χ1) is 14.3. The molecular formula is C21H26ClN3O3S2. The predicted molar refractivity (Wildman–Crippen MR) is 122 cm³/mol. The van der Waals surface area contributed by atoms with Crippen LogP contribution in [0.2, 0.25) is 5.02 Å². The minimum atomic E-state index is -3.43. The molecule has 0 bridgehead atoms. The van der Waals surface area contributed by atoms with Crippen molar-refractivity contribution in [3.63, 3.8) is 0 Å². The van der Waals surface area contributed by atoms with Gasteiger partial charge in [0.1, 0.15) is 0 Å². The lowest BCUT2D eigenvalue weighted by atomic mass is 9.87. The number of nitrogens with one attached hydrogen (secondary N) is 1. The molecule has 1 N–H and O–H groups in total. The first-order valence-corrected chi connectivity index (χ1v) is 13.5. The number of aromatic nitrogens is 2. The molecule has 3 rings (SSSR count). The van der Waals surface area contributed by atoms with Crippen LogP contribution in [0.15, 0.2) is 35.5 Å². The molecule has 0 aliphatic heterocycles. The molecule has 6 nitrogen and oxygen atoms in total. The molecule has 1 aromatic heterocycles. The van der Waals surface area contributed by atoms with E-state index < -0.39 is 15.8 Å². The summed E-state index contributed by atoms with van der Waals surface area (Å²) in [6.45, 7) is 0. The Labute approximate surface area is 187 Å². The highest BCUT2D eigenvalue weighted by Gasteiger charge is 2.28. The van der Waals surface area contributed by atoms with Crippen LogP contribution < -0.4 is 5.32 Å². The Morgan fingerprint density at radius 1 is 1.27 bits per heavy atom. The van der Waals surface area contributed by atoms with Crippen LogP contribution in [0.1, 0.15) is 49.3 Å². The summed E-state index contributed by atoms with van der Waals surface area (Å²) in [5.41, 5.74) is 1.56. The Bertz CT molecular complexity index is 991. The second kappa shape index (κ2) is 10.1. The van der Waals surface area contributed by atoms with Crippen molar-refractivity contribution in [3.05, 3.63) is 46.9 Å². The quantitative estimate of drug-likeness (QED) is 0.605. The van der Waals surface area contributed by atoms with Crippen molar-refractivity contribution < 1.29 is 13.2 Å². The highest BCUT2D eigenvalue weighted by atomic mass is 35.5. The van der Waals surface area contributed by atoms with Crippen molar-refractivity contribution in [1.82, 2.24) is 9.97 Å². The summed E-state index contributed by atoms with van der Waals surface area (Å²) in [4.78, 5) is 21.9. The van der Waals surface area contributed by atoms with Crippen molar-refractivity contribution in [2.24, 2.45) is 5.92 Å². The van der Waals surface area contributed by atoms with Crippen LogP contribution >= 0.6 is 23.4 Å². The van der Waals surface area contributed by atoms with Gasteiger partial charge >= 0.3 is 0 Å². The zero-order valence-electron chi connectivity index (χ0n) is 17.1. The van der Waals surface area contributed by atoms with Gasteiger partial charge in [-0.05, 0) is 36.3 Å². The van der Waals surface area contributed by atoms with Crippen LogP contribution in [0.3, 0.4) is 0 Å². The second-order valence-corrected chi connectivity index (χ2v) is 11.0. The molecule has 2 aromatic rings. The highest BCUT2D eigenvalue weighted by Crippen LogP contribution is 2.36. The summed E-state index contributed by atoms with van der Waals surface area (Å²) < 4.78 is 23.8. The number of thioether (sulfide) groups is 1. The van der Waals surface area contributed by atoms with E-state index in [0.29, 0.717) is 23.7 Å². The van der Waals surface area contributed by atoms with Crippen molar-refractivity contribution >= 4 is 44.9 Å². The summed E-state index contributed by atoms with van der Waals surface area (Å²) >= 11 is 7.90. The van der Waals surface area contributed by atoms with Gasteiger partial charge in [0, 0.05) is 12.0 Å². The number of benzene rings is 1. The molecule has 1 atom stereocenters. The van der Waals surface area contributed by atoms with Gasteiger partial charge in [-0.2, -0.15) is 11.8 Å². The number of carbonyl (C=O) groups excluding carboxylic acids is 1. The molecule has 1 amide bonds. The lowest BCUT2D eigenvalue weighted by Crippen LogP contribution is -2.24. The summed E-state index contributed by atoms with van der Waals surface area (Å²) in [6, 6.07) is 4.78. The average molecular weight is 468 g/mol. The SMILES string of the molecule is CSCc1cnc(NC(=O)C(CC2CCCC2)c2ccc(S(C)(=O)=O)c(Cl)c2)cn1. The van der Waals surface area contributed by atoms with Gasteiger partial charge in [-0.25, -0.2) is 13.4 Å². The third-order valence-electron chi connectivity index (χ3n) is 5.37. The minimum Gasteiger partial charge on any atom is -0.309 e. The third kappa shape index (κ3) is 5.95. The average Bonchev–Trinajstić information content (AvgIpc) is 3.20. The van der Waals surface area contributed by atoms with E-state index in [0.717, 1.165) is 30.5 Å². The number of amides is 1. The van der Waals surface area contributed by atoms with Gasteiger partial charge in [-0.1, -0.05) is 43.4 Å². The Kier molecular flexibility index (Phi) is 7.76. The molecule has 0 radical (unpaired) electrons. The zero-order chi connectivity index (χ0) is 21.7.